The number of likely N-dealkylation sites (N-methyl/N-ethyl adjacent to an activating group) is 1. The summed E-state index contributed by atoms with van der Waals surface area (Å²) in [6, 6.07) is 1.49. The fourth-order valence-corrected chi connectivity index (χ4v) is 4.12. The third-order valence-corrected chi connectivity index (χ3v) is 5.75. The molecular weight excluding hydrogens is 292 g/mol. The lowest BCUT2D eigenvalue weighted by atomic mass is 9.99. The highest BCUT2D eigenvalue weighted by molar-refractivity contribution is 4.83. The van der Waals surface area contributed by atoms with Gasteiger partial charge in [0, 0.05) is 38.4 Å². The Hall–Kier alpha value is -0.200. The van der Waals surface area contributed by atoms with Gasteiger partial charge in [0.1, 0.15) is 0 Å². The van der Waals surface area contributed by atoms with Crippen molar-refractivity contribution in [3.05, 3.63) is 0 Å². The average molecular weight is 326 g/mol. The first-order valence-electron chi connectivity index (χ1n) is 9.54. The zero-order valence-electron chi connectivity index (χ0n) is 14.8. The molecule has 0 N–H and O–H groups in total. The molecule has 1 atom stereocenters. The van der Waals surface area contributed by atoms with Crippen LogP contribution in [-0.4, -0.2) is 87.7 Å². The summed E-state index contributed by atoms with van der Waals surface area (Å²) in [6.07, 6.45) is 7.73. The second-order valence-corrected chi connectivity index (χ2v) is 7.30. The van der Waals surface area contributed by atoms with E-state index in [2.05, 4.69) is 16.8 Å². The number of likely N-dealkylation sites (tertiary alicyclic amines) is 1. The molecule has 0 spiro atoms. The zero-order chi connectivity index (χ0) is 15.9. The van der Waals surface area contributed by atoms with E-state index in [1.165, 1.54) is 51.6 Å². The maximum Gasteiger partial charge on any atom is 0.0809 e. The predicted octanol–water partition coefficient (Wildman–Crippen LogP) is 1.76. The van der Waals surface area contributed by atoms with Crippen molar-refractivity contribution in [1.29, 1.82) is 0 Å². The van der Waals surface area contributed by atoms with Crippen LogP contribution in [0.3, 0.4) is 0 Å². The summed E-state index contributed by atoms with van der Waals surface area (Å²) in [4.78, 5) is 5.19. The summed E-state index contributed by atoms with van der Waals surface area (Å²) in [5.41, 5.74) is 0. The van der Waals surface area contributed by atoms with Gasteiger partial charge in [0.05, 0.1) is 19.3 Å². The molecule has 134 valence electrons. The highest BCUT2D eigenvalue weighted by Crippen LogP contribution is 2.22. The lowest BCUT2D eigenvalue weighted by molar-refractivity contribution is -0.000706. The van der Waals surface area contributed by atoms with Gasteiger partial charge >= 0.3 is 0 Å². The average Bonchev–Trinajstić information content (AvgIpc) is 3.13. The molecule has 0 saturated carbocycles. The van der Waals surface area contributed by atoms with Crippen LogP contribution in [0, 0.1) is 0 Å². The number of hydrogen-bond acceptors (Lipinski definition) is 5. The molecule has 0 bridgehead atoms. The Morgan fingerprint density at radius 2 is 1.83 bits per heavy atom. The van der Waals surface area contributed by atoms with Gasteiger partial charge in [-0.3, -0.25) is 0 Å². The molecule has 0 unspecified atom stereocenters. The molecule has 5 heteroatoms. The van der Waals surface area contributed by atoms with E-state index in [9.17, 15) is 0 Å². The van der Waals surface area contributed by atoms with E-state index in [4.69, 9.17) is 14.2 Å². The van der Waals surface area contributed by atoms with Crippen LogP contribution in [0.5, 0.6) is 0 Å². The Bertz CT molecular complexity index is 322. The van der Waals surface area contributed by atoms with Gasteiger partial charge in [-0.25, -0.2) is 0 Å². The van der Waals surface area contributed by atoms with Crippen LogP contribution in [0.25, 0.3) is 0 Å². The smallest absolute Gasteiger partial charge is 0.0809 e. The number of piperidine rings is 1. The number of rotatable bonds is 7. The topological polar surface area (TPSA) is 34.2 Å². The van der Waals surface area contributed by atoms with Gasteiger partial charge < -0.3 is 24.0 Å². The molecule has 3 heterocycles. The van der Waals surface area contributed by atoms with Crippen molar-refractivity contribution in [2.75, 3.05) is 59.7 Å². The molecule has 3 rings (SSSR count). The SMILES string of the molecule is CN(CCOC[C@H]1CCCO1)C1CCN(C2CCOCC2)CC1. The van der Waals surface area contributed by atoms with Crippen molar-refractivity contribution >= 4 is 0 Å². The number of ether oxygens (including phenoxy) is 3. The van der Waals surface area contributed by atoms with E-state index in [1.807, 2.05) is 0 Å². The molecule has 3 aliphatic rings. The van der Waals surface area contributed by atoms with Crippen molar-refractivity contribution in [1.82, 2.24) is 9.80 Å². The monoisotopic (exact) mass is 326 g/mol. The maximum absolute atomic E-state index is 5.80. The Kier molecular flexibility index (Phi) is 7.14. The van der Waals surface area contributed by atoms with Crippen molar-refractivity contribution in [3.63, 3.8) is 0 Å². The van der Waals surface area contributed by atoms with Gasteiger partial charge in [0.15, 0.2) is 0 Å². The van der Waals surface area contributed by atoms with E-state index in [1.54, 1.807) is 0 Å². The fourth-order valence-electron chi connectivity index (χ4n) is 4.12. The second kappa shape index (κ2) is 9.33. The van der Waals surface area contributed by atoms with E-state index < -0.39 is 0 Å². The summed E-state index contributed by atoms with van der Waals surface area (Å²) in [5, 5.41) is 0. The molecular formula is C18H34N2O3. The molecule has 3 fully saturated rings. The summed E-state index contributed by atoms with van der Waals surface area (Å²) in [5.74, 6) is 0. The van der Waals surface area contributed by atoms with Crippen LogP contribution in [0.2, 0.25) is 0 Å². The minimum Gasteiger partial charge on any atom is -0.381 e. The highest BCUT2D eigenvalue weighted by Gasteiger charge is 2.27. The van der Waals surface area contributed by atoms with Gasteiger partial charge in [-0.05, 0) is 58.7 Å². The van der Waals surface area contributed by atoms with Crippen LogP contribution >= 0.6 is 0 Å². The van der Waals surface area contributed by atoms with Crippen LogP contribution in [0.15, 0.2) is 0 Å². The first-order chi connectivity index (χ1) is 11.3. The lowest BCUT2D eigenvalue weighted by Gasteiger charge is -2.41. The van der Waals surface area contributed by atoms with Gasteiger partial charge in [0.25, 0.3) is 0 Å². The largest absolute Gasteiger partial charge is 0.381 e. The van der Waals surface area contributed by atoms with Gasteiger partial charge in [0.2, 0.25) is 0 Å². The van der Waals surface area contributed by atoms with E-state index >= 15 is 0 Å². The molecule has 0 aromatic heterocycles. The van der Waals surface area contributed by atoms with Crippen molar-refractivity contribution in [3.8, 4) is 0 Å². The molecule has 23 heavy (non-hydrogen) atoms. The molecule has 0 aromatic rings. The van der Waals surface area contributed by atoms with E-state index in [0.717, 1.165) is 51.7 Å². The Morgan fingerprint density at radius 3 is 2.52 bits per heavy atom. The second-order valence-electron chi connectivity index (χ2n) is 7.30. The van der Waals surface area contributed by atoms with Gasteiger partial charge in [-0.1, -0.05) is 0 Å². The van der Waals surface area contributed by atoms with Crippen LogP contribution in [0.4, 0.5) is 0 Å². The van der Waals surface area contributed by atoms with Crippen molar-refractivity contribution < 1.29 is 14.2 Å². The maximum atomic E-state index is 5.80. The minimum absolute atomic E-state index is 0.350. The van der Waals surface area contributed by atoms with Crippen LogP contribution in [-0.2, 0) is 14.2 Å². The normalized spacial score (nSPS) is 28.7. The van der Waals surface area contributed by atoms with Gasteiger partial charge in [-0.15, -0.1) is 0 Å². The van der Waals surface area contributed by atoms with Crippen molar-refractivity contribution in [2.24, 2.45) is 0 Å². The summed E-state index contributed by atoms with van der Waals surface area (Å²) >= 11 is 0. The summed E-state index contributed by atoms with van der Waals surface area (Å²) in [7, 11) is 2.25. The Labute approximate surface area is 141 Å². The van der Waals surface area contributed by atoms with Crippen molar-refractivity contribution in [2.45, 2.75) is 56.7 Å². The van der Waals surface area contributed by atoms with E-state index in [0.29, 0.717) is 6.10 Å². The molecule has 0 aliphatic carbocycles. The third kappa shape index (κ3) is 5.40. The van der Waals surface area contributed by atoms with Crippen LogP contribution < -0.4 is 0 Å². The lowest BCUT2D eigenvalue weighted by Crippen LogP contribution is -2.49. The minimum atomic E-state index is 0.350. The summed E-state index contributed by atoms with van der Waals surface area (Å²) < 4.78 is 16.9. The molecule has 0 aromatic carbocycles. The molecule has 3 aliphatic heterocycles. The standard InChI is InChI=1S/C18H34N2O3/c1-19(10-14-22-15-18-3-2-11-23-18)16-4-8-20(9-5-16)17-6-12-21-13-7-17/h16-18H,2-15H2,1H3/t18-/m1/s1. The van der Waals surface area contributed by atoms with E-state index in [-0.39, 0.29) is 0 Å². The van der Waals surface area contributed by atoms with Gasteiger partial charge in [-0.2, -0.15) is 0 Å². The molecule has 0 amide bonds. The fraction of sp³-hybridized carbons (Fsp3) is 1.00. The zero-order valence-corrected chi connectivity index (χ0v) is 14.8. The first-order valence-corrected chi connectivity index (χ1v) is 9.54. The third-order valence-electron chi connectivity index (χ3n) is 5.75. The molecule has 5 nitrogen and oxygen atoms in total. The molecule has 0 radical (unpaired) electrons. The quantitative estimate of drug-likeness (QED) is 0.666. The first kappa shape index (κ1) is 17.6. The Morgan fingerprint density at radius 1 is 1.04 bits per heavy atom. The Balaban J connectivity index is 1.27. The number of nitrogens with zero attached hydrogens (tertiary/aromatic N) is 2. The summed E-state index contributed by atoms with van der Waals surface area (Å²) in [6.45, 7) is 7.95. The molecule has 3 saturated heterocycles. The van der Waals surface area contributed by atoms with Crippen LogP contribution in [0.1, 0.15) is 38.5 Å². The highest BCUT2D eigenvalue weighted by atomic mass is 16.5. The predicted molar refractivity (Wildman–Crippen MR) is 90.9 cm³/mol. The number of hydrogen-bond donors (Lipinski definition) is 0.